The van der Waals surface area contributed by atoms with Crippen molar-refractivity contribution in [1.82, 2.24) is 10.2 Å². The molecule has 0 bridgehead atoms. The van der Waals surface area contributed by atoms with Crippen LogP contribution < -0.4 is 5.32 Å². The first-order valence-corrected chi connectivity index (χ1v) is 6.60. The van der Waals surface area contributed by atoms with E-state index in [1.807, 2.05) is 25.7 Å². The van der Waals surface area contributed by atoms with E-state index in [1.54, 1.807) is 0 Å². The van der Waals surface area contributed by atoms with Gasteiger partial charge in [0.15, 0.2) is 0 Å². The lowest BCUT2D eigenvalue weighted by Crippen LogP contribution is -2.48. The molecule has 2 rings (SSSR count). The van der Waals surface area contributed by atoms with Gasteiger partial charge in [-0.1, -0.05) is 0 Å². The van der Waals surface area contributed by atoms with Gasteiger partial charge in [0.25, 0.3) is 0 Å². The fourth-order valence-corrected chi connectivity index (χ4v) is 3.02. The molecule has 0 aromatic heterocycles. The van der Waals surface area contributed by atoms with Crippen molar-refractivity contribution in [3.8, 4) is 0 Å². The third-order valence-electron chi connectivity index (χ3n) is 3.65. The average Bonchev–Trinajstić information content (AvgIpc) is 2.50. The number of carbonyl (C=O) groups excluding carboxylic acids is 1. The number of carbonyl (C=O) groups is 1. The van der Waals surface area contributed by atoms with Crippen molar-refractivity contribution in [1.29, 1.82) is 0 Å². The zero-order chi connectivity index (χ0) is 12.6. The summed E-state index contributed by atoms with van der Waals surface area (Å²) < 4.78 is 5.51. The minimum Gasteiger partial charge on any atom is -0.444 e. The molecular formula is C13H24N2O2. The minimum atomic E-state index is -0.401. The van der Waals surface area contributed by atoms with Crippen LogP contribution in [-0.2, 0) is 4.74 Å². The van der Waals surface area contributed by atoms with Gasteiger partial charge in [-0.25, -0.2) is 4.79 Å². The molecule has 2 heterocycles. The summed E-state index contributed by atoms with van der Waals surface area (Å²) in [7, 11) is 0. The summed E-state index contributed by atoms with van der Waals surface area (Å²) in [6, 6.07) is 0.681. The van der Waals surface area contributed by atoms with Crippen molar-refractivity contribution in [2.45, 2.75) is 58.2 Å². The largest absolute Gasteiger partial charge is 0.444 e. The van der Waals surface area contributed by atoms with Crippen LogP contribution in [0.3, 0.4) is 0 Å². The van der Waals surface area contributed by atoms with E-state index < -0.39 is 5.60 Å². The predicted molar refractivity (Wildman–Crippen MR) is 66.9 cm³/mol. The highest BCUT2D eigenvalue weighted by Crippen LogP contribution is 2.34. The van der Waals surface area contributed by atoms with Gasteiger partial charge in [0.2, 0.25) is 0 Å². The van der Waals surface area contributed by atoms with Crippen molar-refractivity contribution < 1.29 is 9.53 Å². The van der Waals surface area contributed by atoms with E-state index in [4.69, 9.17) is 4.74 Å². The second kappa shape index (κ2) is 4.48. The molecule has 1 N–H and O–H groups in total. The fourth-order valence-electron chi connectivity index (χ4n) is 3.02. The molecule has 0 aromatic carbocycles. The predicted octanol–water partition coefficient (Wildman–Crippen LogP) is 1.99. The van der Waals surface area contributed by atoms with Crippen molar-refractivity contribution in [3.63, 3.8) is 0 Å². The van der Waals surface area contributed by atoms with Gasteiger partial charge in [0.1, 0.15) is 5.60 Å². The van der Waals surface area contributed by atoms with Crippen molar-refractivity contribution >= 4 is 6.09 Å². The second-order valence-electron chi connectivity index (χ2n) is 6.29. The number of likely N-dealkylation sites (tertiary alicyclic amines) is 1. The lowest BCUT2D eigenvalue weighted by molar-refractivity contribution is 0.0125. The van der Waals surface area contributed by atoms with Gasteiger partial charge in [-0.15, -0.1) is 0 Å². The monoisotopic (exact) mass is 240 g/mol. The molecule has 0 aliphatic carbocycles. The van der Waals surface area contributed by atoms with E-state index in [0.717, 1.165) is 25.9 Å². The molecule has 3 unspecified atom stereocenters. The van der Waals surface area contributed by atoms with Gasteiger partial charge in [-0.2, -0.15) is 0 Å². The number of hydrogen-bond donors (Lipinski definition) is 1. The lowest BCUT2D eigenvalue weighted by atomic mass is 9.94. The van der Waals surface area contributed by atoms with Crippen molar-refractivity contribution in [2.75, 3.05) is 13.1 Å². The van der Waals surface area contributed by atoms with Gasteiger partial charge in [0, 0.05) is 12.1 Å². The maximum Gasteiger partial charge on any atom is 0.410 e. The lowest BCUT2D eigenvalue weighted by Gasteiger charge is -2.34. The molecule has 98 valence electrons. The number of fused-ring (bicyclic) bond motifs is 1. The SMILES string of the molecule is CC1CC2CNCCC2N1C(=O)OC(C)(C)C. The van der Waals surface area contributed by atoms with E-state index >= 15 is 0 Å². The smallest absolute Gasteiger partial charge is 0.410 e. The maximum absolute atomic E-state index is 12.2. The molecule has 4 nitrogen and oxygen atoms in total. The van der Waals surface area contributed by atoms with Crippen molar-refractivity contribution in [2.24, 2.45) is 5.92 Å². The normalized spacial score (nSPS) is 33.4. The number of amides is 1. The van der Waals surface area contributed by atoms with Crippen LogP contribution in [0.5, 0.6) is 0 Å². The van der Waals surface area contributed by atoms with E-state index in [2.05, 4.69) is 12.2 Å². The third-order valence-corrected chi connectivity index (χ3v) is 3.65. The first-order valence-electron chi connectivity index (χ1n) is 6.60. The van der Waals surface area contributed by atoms with Gasteiger partial charge in [-0.3, -0.25) is 0 Å². The highest BCUT2D eigenvalue weighted by Gasteiger charge is 2.44. The summed E-state index contributed by atoms with van der Waals surface area (Å²) in [4.78, 5) is 14.2. The van der Waals surface area contributed by atoms with E-state index in [0.29, 0.717) is 18.0 Å². The van der Waals surface area contributed by atoms with Crippen molar-refractivity contribution in [3.05, 3.63) is 0 Å². The Balaban J connectivity index is 2.06. The molecule has 4 heteroatoms. The summed E-state index contributed by atoms with van der Waals surface area (Å²) >= 11 is 0. The molecule has 0 aromatic rings. The van der Waals surface area contributed by atoms with E-state index in [9.17, 15) is 4.79 Å². The number of rotatable bonds is 0. The van der Waals surface area contributed by atoms with Crippen LogP contribution in [0.4, 0.5) is 4.79 Å². The first-order chi connectivity index (χ1) is 7.88. The van der Waals surface area contributed by atoms with Crippen LogP contribution in [-0.4, -0.2) is 41.8 Å². The molecule has 1 amide bonds. The summed E-state index contributed by atoms with van der Waals surface area (Å²) in [5.41, 5.74) is -0.401. The van der Waals surface area contributed by atoms with Crippen LogP contribution in [0, 0.1) is 5.92 Å². The Morgan fingerprint density at radius 2 is 2.12 bits per heavy atom. The molecule has 2 aliphatic heterocycles. The Labute approximate surface area is 104 Å². The minimum absolute atomic E-state index is 0.139. The number of piperidine rings is 1. The zero-order valence-corrected chi connectivity index (χ0v) is 11.3. The highest BCUT2D eigenvalue weighted by molar-refractivity contribution is 5.69. The zero-order valence-electron chi connectivity index (χ0n) is 11.3. The Morgan fingerprint density at radius 1 is 1.41 bits per heavy atom. The number of hydrogen-bond acceptors (Lipinski definition) is 3. The molecule has 2 saturated heterocycles. The Kier molecular flexibility index (Phi) is 3.34. The van der Waals surface area contributed by atoms with Crippen LogP contribution in [0.25, 0.3) is 0 Å². The molecule has 17 heavy (non-hydrogen) atoms. The molecule has 0 radical (unpaired) electrons. The summed E-state index contributed by atoms with van der Waals surface area (Å²) in [6.07, 6.45) is 2.00. The molecule has 0 spiro atoms. The number of ether oxygens (including phenoxy) is 1. The fraction of sp³-hybridized carbons (Fsp3) is 0.923. The summed E-state index contributed by atoms with van der Waals surface area (Å²) in [6.45, 7) is 9.94. The summed E-state index contributed by atoms with van der Waals surface area (Å²) in [5.74, 6) is 0.603. The van der Waals surface area contributed by atoms with Gasteiger partial charge < -0.3 is 15.0 Å². The maximum atomic E-state index is 12.2. The number of nitrogens with one attached hydrogen (secondary N) is 1. The van der Waals surface area contributed by atoms with Crippen LogP contribution in [0.2, 0.25) is 0 Å². The van der Waals surface area contributed by atoms with E-state index in [1.165, 1.54) is 0 Å². The molecule has 2 aliphatic rings. The van der Waals surface area contributed by atoms with Gasteiger partial charge >= 0.3 is 6.09 Å². The highest BCUT2D eigenvalue weighted by atomic mass is 16.6. The Hall–Kier alpha value is -0.770. The quantitative estimate of drug-likeness (QED) is 0.704. The van der Waals surface area contributed by atoms with Crippen LogP contribution in [0.15, 0.2) is 0 Å². The molecule has 0 saturated carbocycles. The van der Waals surface area contributed by atoms with Crippen LogP contribution >= 0.6 is 0 Å². The summed E-state index contributed by atoms with van der Waals surface area (Å²) in [5, 5.41) is 3.41. The first kappa shape index (κ1) is 12.7. The second-order valence-corrected chi connectivity index (χ2v) is 6.29. The molecule has 3 atom stereocenters. The Morgan fingerprint density at radius 3 is 2.76 bits per heavy atom. The molecule has 2 fully saturated rings. The van der Waals surface area contributed by atoms with Gasteiger partial charge in [0.05, 0.1) is 0 Å². The standard InChI is InChI=1S/C13H24N2O2/c1-9-7-10-8-14-6-5-11(10)15(9)12(16)17-13(2,3)4/h9-11,14H,5-8H2,1-4H3. The average molecular weight is 240 g/mol. The van der Waals surface area contributed by atoms with Crippen LogP contribution in [0.1, 0.15) is 40.5 Å². The molecular weight excluding hydrogens is 216 g/mol. The van der Waals surface area contributed by atoms with E-state index in [-0.39, 0.29) is 6.09 Å². The topological polar surface area (TPSA) is 41.6 Å². The van der Waals surface area contributed by atoms with Gasteiger partial charge in [-0.05, 0) is 59.5 Å². The third kappa shape index (κ3) is 2.73. The Bertz CT molecular complexity index is 298. The number of nitrogens with zero attached hydrogens (tertiary/aromatic N) is 1.